The molecule has 0 amide bonds. The van der Waals surface area contributed by atoms with Gasteiger partial charge in [-0.15, -0.1) is 23.1 Å². The zero-order chi connectivity index (χ0) is 12.5. The Balaban J connectivity index is 1.86. The van der Waals surface area contributed by atoms with Gasteiger partial charge in [-0.25, -0.2) is 0 Å². The lowest BCUT2D eigenvalue weighted by molar-refractivity contribution is 0.760. The number of anilines is 1. The van der Waals surface area contributed by atoms with Crippen LogP contribution >= 0.6 is 34.7 Å². The van der Waals surface area contributed by atoms with E-state index in [1.165, 1.54) is 27.4 Å². The maximum atomic E-state index is 6.09. The first-order valence-electron chi connectivity index (χ1n) is 5.95. The van der Waals surface area contributed by atoms with Gasteiger partial charge < -0.3 is 5.32 Å². The van der Waals surface area contributed by atoms with Crippen LogP contribution in [-0.4, -0.2) is 6.26 Å². The normalized spacial score (nSPS) is 17.8. The van der Waals surface area contributed by atoms with E-state index in [1.807, 2.05) is 0 Å². The Bertz CT molecular complexity index is 565. The standard InChI is InChI=1S/C14H14ClNS2/c1-17-13-5-3-2-4-11(13)16-10-6-7-12-9(10)8-14(15)18-12/h2-5,8,10,16H,6-7H2,1H3. The summed E-state index contributed by atoms with van der Waals surface area (Å²) in [6, 6.07) is 11.0. The highest BCUT2D eigenvalue weighted by atomic mass is 35.5. The molecule has 1 unspecified atom stereocenters. The summed E-state index contributed by atoms with van der Waals surface area (Å²) in [6.45, 7) is 0. The molecule has 1 nitrogen and oxygen atoms in total. The van der Waals surface area contributed by atoms with Crippen molar-refractivity contribution in [2.75, 3.05) is 11.6 Å². The van der Waals surface area contributed by atoms with Crippen LogP contribution in [0.15, 0.2) is 35.2 Å². The number of halogens is 1. The van der Waals surface area contributed by atoms with Crippen LogP contribution in [0.1, 0.15) is 22.9 Å². The highest BCUT2D eigenvalue weighted by molar-refractivity contribution is 7.98. The molecule has 0 spiro atoms. The number of benzene rings is 1. The van der Waals surface area contributed by atoms with E-state index in [0.717, 1.165) is 10.8 Å². The summed E-state index contributed by atoms with van der Waals surface area (Å²) in [6.07, 6.45) is 4.43. The zero-order valence-electron chi connectivity index (χ0n) is 10.1. The number of nitrogens with one attached hydrogen (secondary N) is 1. The second-order valence-electron chi connectivity index (χ2n) is 4.36. The average molecular weight is 296 g/mol. The van der Waals surface area contributed by atoms with Crippen LogP contribution in [0, 0.1) is 0 Å². The van der Waals surface area contributed by atoms with Gasteiger partial charge in [0.2, 0.25) is 0 Å². The molecular weight excluding hydrogens is 282 g/mol. The highest BCUT2D eigenvalue weighted by Gasteiger charge is 2.25. The van der Waals surface area contributed by atoms with Crippen molar-refractivity contribution in [1.29, 1.82) is 0 Å². The molecule has 1 heterocycles. The number of hydrogen-bond donors (Lipinski definition) is 1. The first kappa shape index (κ1) is 12.4. The van der Waals surface area contributed by atoms with Crippen molar-refractivity contribution in [3.05, 3.63) is 45.1 Å². The van der Waals surface area contributed by atoms with Gasteiger partial charge in [0.25, 0.3) is 0 Å². The number of para-hydroxylation sites is 1. The Morgan fingerprint density at radius 1 is 1.39 bits per heavy atom. The van der Waals surface area contributed by atoms with E-state index in [9.17, 15) is 0 Å². The Morgan fingerprint density at radius 2 is 2.22 bits per heavy atom. The van der Waals surface area contributed by atoms with Crippen molar-refractivity contribution in [3.63, 3.8) is 0 Å². The van der Waals surface area contributed by atoms with Crippen LogP contribution in [0.4, 0.5) is 5.69 Å². The highest BCUT2D eigenvalue weighted by Crippen LogP contribution is 2.41. The Kier molecular flexibility index (Phi) is 3.55. The Morgan fingerprint density at radius 3 is 3.06 bits per heavy atom. The average Bonchev–Trinajstić information content (AvgIpc) is 2.91. The maximum absolute atomic E-state index is 6.09. The fourth-order valence-corrected chi connectivity index (χ4v) is 4.35. The third-order valence-electron chi connectivity index (χ3n) is 3.28. The Labute approximate surface area is 121 Å². The molecule has 2 aromatic rings. The van der Waals surface area contributed by atoms with Crippen molar-refractivity contribution >= 4 is 40.4 Å². The van der Waals surface area contributed by atoms with E-state index in [1.54, 1.807) is 23.1 Å². The number of rotatable bonds is 3. The van der Waals surface area contributed by atoms with Crippen molar-refractivity contribution in [1.82, 2.24) is 0 Å². The molecule has 0 radical (unpaired) electrons. The summed E-state index contributed by atoms with van der Waals surface area (Å²) in [5.74, 6) is 0. The minimum atomic E-state index is 0.414. The van der Waals surface area contributed by atoms with Crippen LogP contribution in [0.2, 0.25) is 4.34 Å². The number of thiophene rings is 1. The second kappa shape index (κ2) is 5.16. The fourth-order valence-electron chi connectivity index (χ4n) is 2.43. The maximum Gasteiger partial charge on any atom is 0.0934 e. The monoisotopic (exact) mass is 295 g/mol. The Hall–Kier alpha value is -0.640. The lowest BCUT2D eigenvalue weighted by atomic mass is 10.1. The van der Waals surface area contributed by atoms with Gasteiger partial charge in [-0.05, 0) is 42.9 Å². The van der Waals surface area contributed by atoms with E-state index >= 15 is 0 Å². The third-order valence-corrected chi connectivity index (χ3v) is 5.42. The molecule has 0 aliphatic heterocycles. The molecule has 1 aliphatic rings. The van der Waals surface area contributed by atoms with Crippen molar-refractivity contribution in [3.8, 4) is 0 Å². The van der Waals surface area contributed by atoms with Gasteiger partial charge in [-0.2, -0.15) is 0 Å². The van der Waals surface area contributed by atoms with E-state index in [0.29, 0.717) is 6.04 Å². The van der Waals surface area contributed by atoms with Crippen molar-refractivity contribution < 1.29 is 0 Å². The minimum Gasteiger partial charge on any atom is -0.377 e. The zero-order valence-corrected chi connectivity index (χ0v) is 12.5. The molecule has 3 rings (SSSR count). The van der Waals surface area contributed by atoms with Gasteiger partial charge in [-0.3, -0.25) is 0 Å². The van der Waals surface area contributed by atoms with Gasteiger partial charge in [0.05, 0.1) is 10.4 Å². The van der Waals surface area contributed by atoms with E-state index in [4.69, 9.17) is 11.6 Å². The second-order valence-corrected chi connectivity index (χ2v) is 6.98. The van der Waals surface area contributed by atoms with Crippen molar-refractivity contribution in [2.45, 2.75) is 23.8 Å². The number of aryl methyl sites for hydroxylation is 1. The largest absolute Gasteiger partial charge is 0.377 e. The van der Waals surface area contributed by atoms with Gasteiger partial charge in [0, 0.05) is 15.5 Å². The SMILES string of the molecule is CSc1ccccc1NC1CCc2sc(Cl)cc21. The molecule has 94 valence electrons. The molecule has 0 fully saturated rings. The summed E-state index contributed by atoms with van der Waals surface area (Å²) in [5.41, 5.74) is 2.62. The van der Waals surface area contributed by atoms with Crippen LogP contribution in [0.25, 0.3) is 0 Å². The predicted octanol–water partition coefficient (Wildman–Crippen LogP) is 5.22. The van der Waals surface area contributed by atoms with Gasteiger partial charge >= 0.3 is 0 Å². The minimum absolute atomic E-state index is 0.414. The van der Waals surface area contributed by atoms with Crippen LogP contribution in [0.5, 0.6) is 0 Å². The lowest BCUT2D eigenvalue weighted by Crippen LogP contribution is -2.07. The first-order valence-corrected chi connectivity index (χ1v) is 8.37. The predicted molar refractivity (Wildman–Crippen MR) is 82.2 cm³/mol. The number of fused-ring (bicyclic) bond motifs is 1. The van der Waals surface area contributed by atoms with Crippen LogP contribution < -0.4 is 5.32 Å². The molecule has 18 heavy (non-hydrogen) atoms. The van der Waals surface area contributed by atoms with Gasteiger partial charge in [0.15, 0.2) is 0 Å². The lowest BCUT2D eigenvalue weighted by Gasteiger charge is -2.16. The molecule has 1 aliphatic carbocycles. The molecule has 1 aromatic carbocycles. The van der Waals surface area contributed by atoms with E-state index in [-0.39, 0.29) is 0 Å². The summed E-state index contributed by atoms with van der Waals surface area (Å²) in [7, 11) is 0. The summed E-state index contributed by atoms with van der Waals surface area (Å²) >= 11 is 9.59. The topological polar surface area (TPSA) is 12.0 Å². The summed E-state index contributed by atoms with van der Waals surface area (Å²) < 4.78 is 0.907. The molecule has 0 bridgehead atoms. The summed E-state index contributed by atoms with van der Waals surface area (Å²) in [5, 5.41) is 3.66. The molecule has 0 saturated carbocycles. The van der Waals surface area contributed by atoms with Gasteiger partial charge in [-0.1, -0.05) is 23.7 Å². The third kappa shape index (κ3) is 2.27. The number of hydrogen-bond acceptors (Lipinski definition) is 3. The first-order chi connectivity index (χ1) is 8.78. The quantitative estimate of drug-likeness (QED) is 0.779. The summed E-state index contributed by atoms with van der Waals surface area (Å²) in [4.78, 5) is 2.74. The molecule has 1 N–H and O–H groups in total. The van der Waals surface area contributed by atoms with Crippen LogP contribution in [-0.2, 0) is 6.42 Å². The molecule has 1 aromatic heterocycles. The smallest absolute Gasteiger partial charge is 0.0934 e. The molecular formula is C14H14ClNS2. The van der Waals surface area contributed by atoms with Gasteiger partial charge in [0.1, 0.15) is 0 Å². The van der Waals surface area contributed by atoms with Crippen LogP contribution in [0.3, 0.4) is 0 Å². The molecule has 4 heteroatoms. The molecule has 1 atom stereocenters. The van der Waals surface area contributed by atoms with E-state index in [2.05, 4.69) is 41.9 Å². The number of thioether (sulfide) groups is 1. The molecule has 0 saturated heterocycles. The fraction of sp³-hybridized carbons (Fsp3) is 0.286. The van der Waals surface area contributed by atoms with Crippen molar-refractivity contribution in [2.24, 2.45) is 0 Å². The van der Waals surface area contributed by atoms with E-state index < -0.39 is 0 Å².